The van der Waals surface area contributed by atoms with Gasteiger partial charge in [-0.25, -0.2) is 4.79 Å². The molecule has 0 radical (unpaired) electrons. The molecular formula is C29H34O11. The first-order valence-corrected chi connectivity index (χ1v) is 14.3. The highest BCUT2D eigenvalue weighted by atomic mass is 16.8. The number of aliphatic hydroxyl groups is 3. The number of rotatable bonds is 1. The standard InChI is InChI=1S/C29H34O11/c1-24-9-18-26(3)29-20(24)21(33)28(40-29,37-11-15(24)22(34)38-18)14-8-16(31)19-12(10-30)4-5-17(32)25(19,2)13(14)6-7-27(29,36)23(35)39-26/h4-5,12-16,18-20,30-31,36H,6-11H2,1-3H3/t12-,13?,14?,15-,16?,18+,19?,20?,24+,25-,26-,27+,28+,29-/m0/s1. The quantitative estimate of drug-likeness (QED) is 0.366. The van der Waals surface area contributed by atoms with E-state index in [1.54, 1.807) is 26.8 Å². The summed E-state index contributed by atoms with van der Waals surface area (Å²) in [4.78, 5) is 55.8. The first-order chi connectivity index (χ1) is 18.8. The van der Waals surface area contributed by atoms with Gasteiger partial charge in [-0.15, -0.1) is 0 Å². The molecule has 0 amide bonds. The maximum absolute atomic E-state index is 15.0. The normalized spacial score (nSPS) is 60.8. The molecule has 0 aromatic heterocycles. The molecule has 8 rings (SSSR count). The van der Waals surface area contributed by atoms with E-state index in [0.29, 0.717) is 0 Å². The second-order valence-electron chi connectivity index (χ2n) is 14.1. The molecule has 5 aliphatic heterocycles. The van der Waals surface area contributed by atoms with Crippen LogP contribution >= 0.6 is 0 Å². The van der Waals surface area contributed by atoms with E-state index in [9.17, 15) is 34.5 Å². The molecule has 5 heterocycles. The van der Waals surface area contributed by atoms with Crippen LogP contribution in [0.2, 0.25) is 0 Å². The Morgan fingerprint density at radius 1 is 1.10 bits per heavy atom. The number of fused-ring (bicyclic) bond motifs is 5. The molecule has 2 saturated carbocycles. The molecule has 5 saturated heterocycles. The number of aliphatic hydroxyl groups excluding tert-OH is 2. The highest BCUT2D eigenvalue weighted by molar-refractivity contribution is 6.00. The van der Waals surface area contributed by atoms with Crippen molar-refractivity contribution in [1.29, 1.82) is 0 Å². The van der Waals surface area contributed by atoms with Gasteiger partial charge in [-0.2, -0.15) is 0 Å². The molecule has 5 bridgehead atoms. The number of carbonyl (C=O) groups excluding carboxylic acids is 4. The molecule has 2 spiro atoms. The molecule has 8 aliphatic rings. The monoisotopic (exact) mass is 558 g/mol. The van der Waals surface area contributed by atoms with E-state index in [4.69, 9.17) is 18.9 Å². The number of allylic oxidation sites excluding steroid dienone is 1. The van der Waals surface area contributed by atoms with Crippen molar-refractivity contribution in [3.63, 3.8) is 0 Å². The van der Waals surface area contributed by atoms with E-state index in [0.717, 1.165) is 0 Å². The minimum absolute atomic E-state index is 0.0380. The van der Waals surface area contributed by atoms with Crippen molar-refractivity contribution in [2.75, 3.05) is 13.2 Å². The van der Waals surface area contributed by atoms with Gasteiger partial charge < -0.3 is 34.3 Å². The zero-order valence-electron chi connectivity index (χ0n) is 22.6. The fourth-order valence-electron chi connectivity index (χ4n) is 11.0. The Balaban J connectivity index is 1.41. The van der Waals surface area contributed by atoms with Crippen molar-refractivity contribution < 1.29 is 53.4 Å². The molecular weight excluding hydrogens is 524 g/mol. The van der Waals surface area contributed by atoms with Crippen molar-refractivity contribution in [3.05, 3.63) is 12.2 Å². The summed E-state index contributed by atoms with van der Waals surface area (Å²) in [5.74, 6) is -8.92. The molecule has 11 nitrogen and oxygen atoms in total. The van der Waals surface area contributed by atoms with Crippen LogP contribution in [0.1, 0.15) is 46.5 Å². The summed E-state index contributed by atoms with van der Waals surface area (Å²) in [6.45, 7) is 4.63. The molecule has 11 heteroatoms. The van der Waals surface area contributed by atoms with E-state index in [-0.39, 0.29) is 44.7 Å². The first-order valence-electron chi connectivity index (χ1n) is 14.3. The Bertz CT molecular complexity index is 1330. The van der Waals surface area contributed by atoms with Crippen LogP contribution in [-0.2, 0) is 38.1 Å². The lowest BCUT2D eigenvalue weighted by molar-refractivity contribution is -0.379. The maximum Gasteiger partial charge on any atom is 0.342 e. The number of hydrogen-bond acceptors (Lipinski definition) is 11. The summed E-state index contributed by atoms with van der Waals surface area (Å²) < 4.78 is 25.0. The number of Topliss-reactive ketones (excluding diaryl/α,β-unsaturated/α-hetero) is 1. The number of esters is 2. The average Bonchev–Trinajstić information content (AvgIpc) is 3.22. The van der Waals surface area contributed by atoms with Crippen molar-refractivity contribution in [3.8, 4) is 0 Å². The lowest BCUT2D eigenvalue weighted by Crippen LogP contribution is -2.79. The minimum Gasteiger partial charge on any atom is -0.458 e. The van der Waals surface area contributed by atoms with E-state index in [1.807, 2.05) is 0 Å². The van der Waals surface area contributed by atoms with Gasteiger partial charge in [0.25, 0.3) is 0 Å². The molecule has 14 atom stereocenters. The van der Waals surface area contributed by atoms with E-state index < -0.39 is 98.9 Å². The van der Waals surface area contributed by atoms with E-state index >= 15 is 0 Å². The third-order valence-corrected chi connectivity index (χ3v) is 12.9. The molecule has 7 fully saturated rings. The Morgan fingerprint density at radius 3 is 2.58 bits per heavy atom. The molecule has 5 unspecified atom stereocenters. The van der Waals surface area contributed by atoms with E-state index in [2.05, 4.69) is 0 Å². The van der Waals surface area contributed by atoms with Crippen LogP contribution in [0, 0.1) is 46.3 Å². The van der Waals surface area contributed by atoms with Crippen molar-refractivity contribution in [2.24, 2.45) is 46.3 Å². The summed E-state index contributed by atoms with van der Waals surface area (Å²) in [6.07, 6.45) is 1.25. The fraction of sp³-hybridized carbons (Fsp3) is 0.793. The fourth-order valence-corrected chi connectivity index (χ4v) is 11.0. The second kappa shape index (κ2) is 7.06. The van der Waals surface area contributed by atoms with Gasteiger partial charge >= 0.3 is 11.9 Å². The van der Waals surface area contributed by atoms with Crippen LogP contribution in [-0.4, -0.2) is 86.8 Å². The Kier molecular flexibility index (Phi) is 4.50. The van der Waals surface area contributed by atoms with Gasteiger partial charge in [0.1, 0.15) is 6.10 Å². The van der Waals surface area contributed by atoms with Crippen molar-refractivity contribution in [1.82, 2.24) is 0 Å². The van der Waals surface area contributed by atoms with Gasteiger partial charge in [0.05, 0.1) is 24.5 Å². The largest absolute Gasteiger partial charge is 0.458 e. The zero-order valence-corrected chi connectivity index (χ0v) is 22.6. The van der Waals surface area contributed by atoms with Gasteiger partial charge in [0.15, 0.2) is 28.4 Å². The molecule has 40 heavy (non-hydrogen) atoms. The second-order valence-corrected chi connectivity index (χ2v) is 14.1. The van der Waals surface area contributed by atoms with Gasteiger partial charge in [0, 0.05) is 29.8 Å². The molecule has 3 N–H and O–H groups in total. The average molecular weight is 559 g/mol. The highest BCUT2D eigenvalue weighted by Crippen LogP contribution is 2.75. The van der Waals surface area contributed by atoms with Crippen LogP contribution in [0.4, 0.5) is 0 Å². The van der Waals surface area contributed by atoms with Crippen LogP contribution in [0.15, 0.2) is 12.2 Å². The maximum atomic E-state index is 15.0. The summed E-state index contributed by atoms with van der Waals surface area (Å²) in [5, 5.41) is 34.2. The summed E-state index contributed by atoms with van der Waals surface area (Å²) >= 11 is 0. The third kappa shape index (κ3) is 2.25. The summed E-state index contributed by atoms with van der Waals surface area (Å²) in [6, 6.07) is 0. The Morgan fingerprint density at radius 2 is 1.85 bits per heavy atom. The third-order valence-electron chi connectivity index (χ3n) is 12.9. The lowest BCUT2D eigenvalue weighted by Gasteiger charge is -2.63. The molecule has 3 aliphatic carbocycles. The molecule has 0 aromatic rings. The first kappa shape index (κ1) is 25.5. The number of carbonyl (C=O) groups is 4. The van der Waals surface area contributed by atoms with Crippen molar-refractivity contribution >= 4 is 23.5 Å². The predicted octanol–water partition coefficient (Wildman–Crippen LogP) is -0.174. The number of ether oxygens (including phenoxy) is 4. The van der Waals surface area contributed by atoms with Crippen LogP contribution in [0.25, 0.3) is 0 Å². The molecule has 0 aromatic carbocycles. The SMILES string of the molecule is C[C@]12C(=O)C=C[C@@H](CO)C1C(O)CC1C2CC[C@@]2(O)C(=O)O[C@@]3(C)[C@H]4C[C@@]5(C)C6C(=O)[C@]1(OC[C@H]5C(=O)O4)O[C@]623. The van der Waals surface area contributed by atoms with Crippen molar-refractivity contribution in [2.45, 2.75) is 81.3 Å². The Hall–Kier alpha value is -2.18. The predicted molar refractivity (Wildman–Crippen MR) is 130 cm³/mol. The minimum atomic E-state index is -2.28. The van der Waals surface area contributed by atoms with E-state index in [1.165, 1.54) is 6.08 Å². The van der Waals surface area contributed by atoms with Gasteiger partial charge in [-0.1, -0.05) is 19.9 Å². The summed E-state index contributed by atoms with van der Waals surface area (Å²) in [5.41, 5.74) is -8.15. The van der Waals surface area contributed by atoms with Crippen LogP contribution in [0.3, 0.4) is 0 Å². The number of ketones is 2. The smallest absolute Gasteiger partial charge is 0.342 e. The van der Waals surface area contributed by atoms with Gasteiger partial charge in [-0.05, 0) is 50.0 Å². The highest BCUT2D eigenvalue weighted by Gasteiger charge is 2.93. The topological polar surface area (TPSA) is 166 Å². The lowest BCUT2D eigenvalue weighted by atomic mass is 9.46. The molecule has 216 valence electrons. The number of hydrogen-bond donors (Lipinski definition) is 3. The Labute approximate surface area is 230 Å². The van der Waals surface area contributed by atoms with Gasteiger partial charge in [-0.3, -0.25) is 14.4 Å². The van der Waals surface area contributed by atoms with Crippen LogP contribution < -0.4 is 0 Å². The summed E-state index contributed by atoms with van der Waals surface area (Å²) in [7, 11) is 0. The zero-order chi connectivity index (χ0) is 28.4. The van der Waals surface area contributed by atoms with Gasteiger partial charge in [0.2, 0.25) is 5.79 Å². The van der Waals surface area contributed by atoms with Crippen LogP contribution in [0.5, 0.6) is 0 Å².